The summed E-state index contributed by atoms with van der Waals surface area (Å²) >= 11 is 0. The Morgan fingerprint density at radius 3 is 2.17 bits per heavy atom. The summed E-state index contributed by atoms with van der Waals surface area (Å²) in [6.45, 7) is 11.1. The van der Waals surface area contributed by atoms with Crippen LogP contribution in [0.2, 0.25) is 0 Å². The van der Waals surface area contributed by atoms with Crippen molar-refractivity contribution in [2.75, 3.05) is 73.0 Å². The lowest BCUT2D eigenvalue weighted by Gasteiger charge is -2.35. The smallest absolute Gasteiger partial charge is 0.0110 e. The van der Waals surface area contributed by atoms with E-state index in [0.29, 0.717) is 0 Å². The third-order valence-corrected chi connectivity index (χ3v) is 4.06. The van der Waals surface area contributed by atoms with Gasteiger partial charge in [-0.1, -0.05) is 0 Å². The van der Waals surface area contributed by atoms with Crippen molar-refractivity contribution in [1.29, 1.82) is 0 Å². The Morgan fingerprint density at radius 1 is 1.00 bits per heavy atom. The fourth-order valence-corrected chi connectivity index (χ4v) is 2.44. The van der Waals surface area contributed by atoms with Gasteiger partial charge in [0.25, 0.3) is 0 Å². The van der Waals surface area contributed by atoms with Crippen molar-refractivity contribution in [3.05, 3.63) is 0 Å². The van der Waals surface area contributed by atoms with E-state index in [1.165, 1.54) is 71.7 Å². The largest absolute Gasteiger partial charge is 0.315 e. The van der Waals surface area contributed by atoms with Crippen LogP contribution in [0.3, 0.4) is 0 Å². The Labute approximate surface area is 112 Å². The van der Waals surface area contributed by atoms with E-state index in [9.17, 15) is 0 Å². The third-order valence-electron chi connectivity index (χ3n) is 4.06. The standard InChI is InChI=1S/C14H30N4/c1-16(2)7-8-18-11-9-17(10-12-18)6-5-15-13-14-3-4-14/h14-15H,3-13H2,1-2H3. The summed E-state index contributed by atoms with van der Waals surface area (Å²) in [5.41, 5.74) is 0. The summed E-state index contributed by atoms with van der Waals surface area (Å²) in [5, 5.41) is 3.58. The summed E-state index contributed by atoms with van der Waals surface area (Å²) in [4.78, 5) is 7.47. The number of piperazine rings is 1. The lowest BCUT2D eigenvalue weighted by molar-refractivity contribution is 0.126. The molecule has 0 aromatic heterocycles. The quantitative estimate of drug-likeness (QED) is 0.623. The molecule has 106 valence electrons. The number of likely N-dealkylation sites (N-methyl/N-ethyl adjacent to an activating group) is 1. The number of hydrogen-bond acceptors (Lipinski definition) is 4. The molecule has 1 heterocycles. The van der Waals surface area contributed by atoms with Gasteiger partial charge in [-0.2, -0.15) is 0 Å². The van der Waals surface area contributed by atoms with E-state index < -0.39 is 0 Å². The van der Waals surface area contributed by atoms with Crippen LogP contribution in [-0.4, -0.2) is 87.7 Å². The number of rotatable bonds is 8. The molecule has 0 aromatic carbocycles. The molecule has 18 heavy (non-hydrogen) atoms. The lowest BCUT2D eigenvalue weighted by atomic mass is 10.3. The second-order valence-electron chi connectivity index (χ2n) is 6.13. The normalized spacial score (nSPS) is 22.8. The van der Waals surface area contributed by atoms with Gasteiger partial charge in [-0.15, -0.1) is 0 Å². The number of nitrogens with zero attached hydrogens (tertiary/aromatic N) is 3. The molecule has 0 unspecified atom stereocenters. The predicted molar refractivity (Wildman–Crippen MR) is 77.0 cm³/mol. The molecule has 0 bridgehead atoms. The Hall–Kier alpha value is -0.160. The van der Waals surface area contributed by atoms with Crippen molar-refractivity contribution < 1.29 is 0 Å². The van der Waals surface area contributed by atoms with Gasteiger partial charge in [-0.3, -0.25) is 9.80 Å². The minimum atomic E-state index is 1.01. The first-order valence-corrected chi connectivity index (χ1v) is 7.54. The second kappa shape index (κ2) is 7.43. The Morgan fingerprint density at radius 2 is 1.61 bits per heavy atom. The van der Waals surface area contributed by atoms with E-state index in [2.05, 4.69) is 34.1 Å². The average Bonchev–Trinajstić information content (AvgIpc) is 3.17. The van der Waals surface area contributed by atoms with E-state index in [1.807, 2.05) is 0 Å². The highest BCUT2D eigenvalue weighted by molar-refractivity contribution is 4.76. The summed E-state index contributed by atoms with van der Waals surface area (Å²) in [7, 11) is 4.31. The molecule has 0 atom stereocenters. The van der Waals surface area contributed by atoms with Gasteiger partial charge in [0.05, 0.1) is 0 Å². The molecule has 1 N–H and O–H groups in total. The maximum absolute atomic E-state index is 3.58. The van der Waals surface area contributed by atoms with Crippen LogP contribution in [0.4, 0.5) is 0 Å². The van der Waals surface area contributed by atoms with Gasteiger partial charge in [-0.05, 0) is 39.4 Å². The zero-order valence-electron chi connectivity index (χ0n) is 12.2. The molecular formula is C14H30N4. The van der Waals surface area contributed by atoms with Crippen molar-refractivity contribution in [1.82, 2.24) is 20.0 Å². The van der Waals surface area contributed by atoms with Gasteiger partial charge in [0.15, 0.2) is 0 Å². The second-order valence-corrected chi connectivity index (χ2v) is 6.13. The van der Waals surface area contributed by atoms with E-state index in [-0.39, 0.29) is 0 Å². The highest BCUT2D eigenvalue weighted by Crippen LogP contribution is 2.27. The van der Waals surface area contributed by atoms with Crippen molar-refractivity contribution in [3.8, 4) is 0 Å². The first-order chi connectivity index (χ1) is 8.74. The Kier molecular flexibility index (Phi) is 5.89. The fourth-order valence-electron chi connectivity index (χ4n) is 2.44. The van der Waals surface area contributed by atoms with Crippen LogP contribution in [-0.2, 0) is 0 Å². The maximum atomic E-state index is 3.58. The first kappa shape index (κ1) is 14.3. The van der Waals surface area contributed by atoms with Gasteiger partial charge in [-0.25, -0.2) is 0 Å². The molecule has 4 nitrogen and oxygen atoms in total. The van der Waals surface area contributed by atoms with Crippen LogP contribution < -0.4 is 5.32 Å². The van der Waals surface area contributed by atoms with Crippen molar-refractivity contribution in [2.45, 2.75) is 12.8 Å². The number of nitrogens with one attached hydrogen (secondary N) is 1. The van der Waals surface area contributed by atoms with Crippen LogP contribution in [0.25, 0.3) is 0 Å². The molecule has 1 saturated heterocycles. The molecule has 0 spiro atoms. The topological polar surface area (TPSA) is 21.8 Å². The van der Waals surface area contributed by atoms with Crippen LogP contribution in [0.1, 0.15) is 12.8 Å². The highest BCUT2D eigenvalue weighted by atomic mass is 15.3. The molecule has 2 fully saturated rings. The molecule has 0 radical (unpaired) electrons. The molecule has 0 amide bonds. The molecule has 2 aliphatic rings. The fraction of sp³-hybridized carbons (Fsp3) is 1.00. The summed E-state index contributed by atoms with van der Waals surface area (Å²) in [6.07, 6.45) is 2.91. The third kappa shape index (κ3) is 5.65. The van der Waals surface area contributed by atoms with Crippen LogP contribution in [0.5, 0.6) is 0 Å². The van der Waals surface area contributed by atoms with Crippen molar-refractivity contribution >= 4 is 0 Å². The number of hydrogen-bond donors (Lipinski definition) is 1. The summed E-state index contributed by atoms with van der Waals surface area (Å²) in [5.74, 6) is 1.01. The summed E-state index contributed by atoms with van der Waals surface area (Å²) < 4.78 is 0. The minimum Gasteiger partial charge on any atom is -0.315 e. The first-order valence-electron chi connectivity index (χ1n) is 7.54. The van der Waals surface area contributed by atoms with Crippen LogP contribution >= 0.6 is 0 Å². The van der Waals surface area contributed by atoms with Gasteiger partial charge >= 0.3 is 0 Å². The zero-order valence-corrected chi connectivity index (χ0v) is 12.2. The highest BCUT2D eigenvalue weighted by Gasteiger charge is 2.20. The Bertz CT molecular complexity index is 220. The van der Waals surface area contributed by atoms with Crippen LogP contribution in [0.15, 0.2) is 0 Å². The molecule has 1 aliphatic heterocycles. The van der Waals surface area contributed by atoms with E-state index >= 15 is 0 Å². The van der Waals surface area contributed by atoms with E-state index in [1.54, 1.807) is 0 Å². The van der Waals surface area contributed by atoms with Gasteiger partial charge in [0, 0.05) is 52.4 Å². The molecule has 1 aliphatic carbocycles. The van der Waals surface area contributed by atoms with Gasteiger partial charge in [0.2, 0.25) is 0 Å². The maximum Gasteiger partial charge on any atom is 0.0110 e. The van der Waals surface area contributed by atoms with Gasteiger partial charge < -0.3 is 10.2 Å². The lowest BCUT2D eigenvalue weighted by Crippen LogP contribution is -2.49. The predicted octanol–water partition coefficient (Wildman–Crippen LogP) is 0.165. The summed E-state index contributed by atoms with van der Waals surface area (Å²) in [6, 6.07) is 0. The molecule has 1 saturated carbocycles. The molecular weight excluding hydrogens is 224 g/mol. The van der Waals surface area contributed by atoms with Crippen molar-refractivity contribution in [2.24, 2.45) is 5.92 Å². The Balaban J connectivity index is 1.47. The van der Waals surface area contributed by atoms with Gasteiger partial charge in [0.1, 0.15) is 0 Å². The SMILES string of the molecule is CN(C)CCN1CCN(CCNCC2CC2)CC1. The molecule has 2 rings (SSSR count). The average molecular weight is 254 g/mol. The van der Waals surface area contributed by atoms with Crippen molar-refractivity contribution in [3.63, 3.8) is 0 Å². The monoisotopic (exact) mass is 254 g/mol. The van der Waals surface area contributed by atoms with Crippen LogP contribution in [0, 0.1) is 5.92 Å². The van der Waals surface area contributed by atoms with E-state index in [0.717, 1.165) is 5.92 Å². The molecule has 4 heteroatoms. The minimum absolute atomic E-state index is 1.01. The van der Waals surface area contributed by atoms with E-state index in [4.69, 9.17) is 0 Å². The zero-order chi connectivity index (χ0) is 12.8. The molecule has 0 aromatic rings.